The van der Waals surface area contributed by atoms with Gasteiger partial charge >= 0.3 is 0 Å². The Morgan fingerprint density at radius 3 is 1.93 bits per heavy atom. The SMILES string of the molecule is c1ccc(-c2cnc3c4cc5c(cc4n(-c4c6ccccc6cc6ccccc46)c3c2)sc2ccccc25)cc1. The molecule has 0 aliphatic rings. The summed E-state index contributed by atoms with van der Waals surface area (Å²) in [6.45, 7) is 0. The number of nitrogens with zero attached hydrogens (tertiary/aromatic N) is 2. The molecule has 0 atom stereocenters. The smallest absolute Gasteiger partial charge is 0.0964 e. The molecule has 6 aromatic carbocycles. The number of fused-ring (bicyclic) bond motifs is 8. The molecule has 40 heavy (non-hydrogen) atoms. The molecule has 0 aliphatic heterocycles. The number of benzene rings is 6. The van der Waals surface area contributed by atoms with Crippen molar-refractivity contribution in [1.29, 1.82) is 0 Å². The number of hydrogen-bond donors (Lipinski definition) is 0. The predicted octanol–water partition coefficient (Wildman–Crippen LogP) is 10.5. The van der Waals surface area contributed by atoms with Crippen molar-refractivity contribution in [2.45, 2.75) is 0 Å². The second-order valence-corrected chi connectivity index (χ2v) is 11.5. The minimum Gasteiger partial charge on any atom is -0.306 e. The molecule has 0 radical (unpaired) electrons. The fourth-order valence-electron chi connectivity index (χ4n) is 6.36. The molecular formula is C37H22N2S. The van der Waals surface area contributed by atoms with Crippen molar-refractivity contribution in [2.75, 3.05) is 0 Å². The van der Waals surface area contributed by atoms with Crippen molar-refractivity contribution in [3.05, 3.63) is 134 Å². The summed E-state index contributed by atoms with van der Waals surface area (Å²) in [5, 5.41) is 8.74. The van der Waals surface area contributed by atoms with Crippen LogP contribution in [0.5, 0.6) is 0 Å². The third-order valence-electron chi connectivity index (χ3n) is 8.17. The summed E-state index contributed by atoms with van der Waals surface area (Å²) in [5.74, 6) is 0. The van der Waals surface area contributed by atoms with E-state index in [2.05, 4.69) is 132 Å². The van der Waals surface area contributed by atoms with Gasteiger partial charge < -0.3 is 4.57 Å². The van der Waals surface area contributed by atoms with Gasteiger partial charge in [-0.15, -0.1) is 11.3 Å². The van der Waals surface area contributed by atoms with Gasteiger partial charge in [0, 0.05) is 48.1 Å². The second-order valence-electron chi connectivity index (χ2n) is 10.4. The van der Waals surface area contributed by atoms with Crippen LogP contribution in [0.3, 0.4) is 0 Å². The van der Waals surface area contributed by atoms with Crippen LogP contribution in [0.25, 0.3) is 80.5 Å². The Hall–Kier alpha value is -4.99. The maximum atomic E-state index is 5.15. The van der Waals surface area contributed by atoms with E-state index in [4.69, 9.17) is 4.98 Å². The molecule has 3 heterocycles. The number of rotatable bonds is 2. The highest BCUT2D eigenvalue weighted by atomic mass is 32.1. The highest BCUT2D eigenvalue weighted by molar-refractivity contribution is 7.25. The Morgan fingerprint density at radius 1 is 0.475 bits per heavy atom. The van der Waals surface area contributed by atoms with E-state index in [1.54, 1.807) is 0 Å². The van der Waals surface area contributed by atoms with Crippen molar-refractivity contribution in [1.82, 2.24) is 9.55 Å². The van der Waals surface area contributed by atoms with Crippen molar-refractivity contribution >= 4 is 75.0 Å². The molecule has 0 bridgehead atoms. The average Bonchev–Trinajstić information content (AvgIpc) is 3.53. The zero-order valence-corrected chi connectivity index (χ0v) is 22.3. The van der Waals surface area contributed by atoms with Gasteiger partial charge in [0.2, 0.25) is 0 Å². The standard InChI is InChI=1S/C37H22N2S/c1-2-10-23(11-3-1)26-19-33-36(38-22-26)31-20-30-29-16-8-9-17-34(29)40-35(30)21-32(31)39(33)37-27-14-6-4-12-24(27)18-25-13-5-7-15-28(25)37/h1-22H. The van der Waals surface area contributed by atoms with Crippen molar-refractivity contribution in [3.63, 3.8) is 0 Å². The van der Waals surface area contributed by atoms with Gasteiger partial charge in [-0.3, -0.25) is 4.98 Å². The van der Waals surface area contributed by atoms with Crippen LogP contribution < -0.4 is 0 Å². The maximum absolute atomic E-state index is 5.15. The summed E-state index contributed by atoms with van der Waals surface area (Å²) in [4.78, 5) is 5.15. The number of thiophene rings is 1. The molecule has 0 unspecified atom stereocenters. The van der Waals surface area contributed by atoms with Gasteiger partial charge in [0.05, 0.1) is 22.2 Å². The molecule has 186 valence electrons. The normalized spacial score (nSPS) is 12.0. The van der Waals surface area contributed by atoms with E-state index in [1.165, 1.54) is 63.9 Å². The minimum absolute atomic E-state index is 1.03. The lowest BCUT2D eigenvalue weighted by molar-refractivity contribution is 1.21. The molecule has 0 spiro atoms. The largest absolute Gasteiger partial charge is 0.306 e. The van der Waals surface area contributed by atoms with Gasteiger partial charge in [0.1, 0.15) is 0 Å². The van der Waals surface area contributed by atoms with Crippen molar-refractivity contribution in [3.8, 4) is 16.8 Å². The monoisotopic (exact) mass is 526 g/mol. The molecule has 3 heteroatoms. The minimum atomic E-state index is 1.03. The van der Waals surface area contributed by atoms with E-state index in [1.807, 2.05) is 17.5 Å². The first-order valence-electron chi connectivity index (χ1n) is 13.6. The van der Waals surface area contributed by atoms with E-state index >= 15 is 0 Å². The molecule has 9 rings (SSSR count). The van der Waals surface area contributed by atoms with Gasteiger partial charge in [0.25, 0.3) is 0 Å². The first kappa shape index (κ1) is 21.9. The van der Waals surface area contributed by atoms with E-state index in [-0.39, 0.29) is 0 Å². The molecule has 0 saturated heterocycles. The van der Waals surface area contributed by atoms with Gasteiger partial charge in [-0.2, -0.15) is 0 Å². The second kappa shape index (κ2) is 8.25. The molecule has 2 nitrogen and oxygen atoms in total. The van der Waals surface area contributed by atoms with Crippen LogP contribution in [0.1, 0.15) is 0 Å². The van der Waals surface area contributed by atoms with Crippen LogP contribution in [0, 0.1) is 0 Å². The number of pyridine rings is 1. The van der Waals surface area contributed by atoms with Gasteiger partial charge in [-0.1, -0.05) is 97.1 Å². The Kier molecular flexibility index (Phi) is 4.52. The lowest BCUT2D eigenvalue weighted by atomic mass is 10.0. The Bertz CT molecular complexity index is 2380. The van der Waals surface area contributed by atoms with Crippen molar-refractivity contribution in [2.24, 2.45) is 0 Å². The first-order chi connectivity index (χ1) is 19.8. The highest BCUT2D eigenvalue weighted by Gasteiger charge is 2.20. The number of aromatic nitrogens is 2. The molecular weight excluding hydrogens is 504 g/mol. The third-order valence-corrected chi connectivity index (χ3v) is 9.31. The third kappa shape index (κ3) is 3.07. The summed E-state index contributed by atoms with van der Waals surface area (Å²) in [5.41, 5.74) is 6.84. The lowest BCUT2D eigenvalue weighted by Crippen LogP contribution is -1.97. The molecule has 3 aromatic heterocycles. The average molecular weight is 527 g/mol. The Morgan fingerprint density at radius 2 is 1.15 bits per heavy atom. The van der Waals surface area contributed by atoms with Gasteiger partial charge in [-0.25, -0.2) is 0 Å². The van der Waals surface area contributed by atoms with Crippen LogP contribution in [-0.2, 0) is 0 Å². The van der Waals surface area contributed by atoms with Crippen LogP contribution >= 0.6 is 11.3 Å². The molecule has 0 amide bonds. The molecule has 0 N–H and O–H groups in total. The summed E-state index contributed by atoms with van der Waals surface area (Å²) < 4.78 is 5.08. The molecule has 0 aliphatic carbocycles. The van der Waals surface area contributed by atoms with Crippen LogP contribution in [0.4, 0.5) is 0 Å². The van der Waals surface area contributed by atoms with E-state index in [0.29, 0.717) is 0 Å². The fraction of sp³-hybridized carbons (Fsp3) is 0. The van der Waals surface area contributed by atoms with Gasteiger partial charge in [0.15, 0.2) is 0 Å². The predicted molar refractivity (Wildman–Crippen MR) is 172 cm³/mol. The summed E-state index contributed by atoms with van der Waals surface area (Å²) in [6, 6.07) is 46.1. The quantitative estimate of drug-likeness (QED) is 0.205. The molecule has 0 fully saturated rings. The van der Waals surface area contributed by atoms with E-state index < -0.39 is 0 Å². The maximum Gasteiger partial charge on any atom is 0.0964 e. The van der Waals surface area contributed by atoms with Crippen molar-refractivity contribution < 1.29 is 0 Å². The van der Waals surface area contributed by atoms with Gasteiger partial charge in [-0.05, 0) is 46.7 Å². The first-order valence-corrected chi connectivity index (χ1v) is 14.4. The summed E-state index contributed by atoms with van der Waals surface area (Å²) in [7, 11) is 0. The van der Waals surface area contributed by atoms with E-state index in [0.717, 1.165) is 16.6 Å². The molecule has 9 aromatic rings. The Balaban J connectivity index is 1.51. The fourth-order valence-corrected chi connectivity index (χ4v) is 7.48. The highest BCUT2D eigenvalue weighted by Crippen LogP contribution is 2.43. The zero-order valence-electron chi connectivity index (χ0n) is 21.5. The summed E-state index contributed by atoms with van der Waals surface area (Å²) >= 11 is 1.86. The Labute approximate surface area is 234 Å². The number of hydrogen-bond acceptors (Lipinski definition) is 2. The van der Waals surface area contributed by atoms with Crippen LogP contribution in [0.15, 0.2) is 134 Å². The summed E-state index contributed by atoms with van der Waals surface area (Å²) in [6.07, 6.45) is 2.03. The van der Waals surface area contributed by atoms with Crippen LogP contribution in [0.2, 0.25) is 0 Å². The van der Waals surface area contributed by atoms with E-state index in [9.17, 15) is 0 Å². The molecule has 0 saturated carbocycles. The topological polar surface area (TPSA) is 17.8 Å². The van der Waals surface area contributed by atoms with Crippen LogP contribution in [-0.4, -0.2) is 9.55 Å². The lowest BCUT2D eigenvalue weighted by Gasteiger charge is -2.15. The zero-order chi connectivity index (χ0) is 26.2.